The molecule has 0 bridgehead atoms. The molecule has 1 aliphatic rings. The number of carbonyl (C=O) groups is 1. The summed E-state index contributed by atoms with van der Waals surface area (Å²) in [4.78, 5) is 14.9. The SMILES string of the molecule is CCOC(=O)c1cn(S(=O)(=O)c2ccc(C)cc2)c2ccc(N3CCOCC3)cc12. The van der Waals surface area contributed by atoms with Crippen molar-refractivity contribution in [3.05, 3.63) is 59.8 Å². The second-order valence-corrected chi connectivity index (χ2v) is 8.99. The van der Waals surface area contributed by atoms with Crippen LogP contribution in [0.5, 0.6) is 0 Å². The molecule has 1 fully saturated rings. The molecule has 2 aromatic carbocycles. The Hall–Kier alpha value is -2.84. The van der Waals surface area contributed by atoms with E-state index in [1.807, 2.05) is 19.1 Å². The number of anilines is 1. The number of morpholine rings is 1. The Labute approximate surface area is 175 Å². The number of fused-ring (bicyclic) bond motifs is 1. The van der Waals surface area contributed by atoms with Crippen LogP contribution in [0, 0.1) is 6.92 Å². The number of nitrogens with zero attached hydrogens (tertiary/aromatic N) is 2. The highest BCUT2D eigenvalue weighted by Gasteiger charge is 2.25. The molecule has 3 aromatic rings. The van der Waals surface area contributed by atoms with Crippen molar-refractivity contribution in [3.8, 4) is 0 Å². The zero-order valence-corrected chi connectivity index (χ0v) is 17.8. The number of aromatic nitrogens is 1. The molecule has 1 aromatic heterocycles. The summed E-state index contributed by atoms with van der Waals surface area (Å²) in [7, 11) is -3.87. The molecule has 1 aliphatic heterocycles. The smallest absolute Gasteiger partial charge is 0.340 e. The second-order valence-electron chi connectivity index (χ2n) is 7.18. The van der Waals surface area contributed by atoms with E-state index in [1.165, 1.54) is 10.2 Å². The Balaban J connectivity index is 1.87. The van der Waals surface area contributed by atoms with Gasteiger partial charge in [-0.3, -0.25) is 0 Å². The standard InChI is InChI=1S/C22H24N2O5S/c1-3-29-22(25)20-15-24(30(26,27)18-7-4-16(2)5-8-18)21-9-6-17(14-19(20)21)23-10-12-28-13-11-23/h4-9,14-15H,3,10-13H2,1-2H3. The number of carbonyl (C=O) groups excluding carboxylic acids is 1. The summed E-state index contributed by atoms with van der Waals surface area (Å²) in [5, 5.41) is 0.549. The quantitative estimate of drug-likeness (QED) is 0.581. The molecular weight excluding hydrogens is 404 g/mol. The zero-order chi connectivity index (χ0) is 21.3. The summed E-state index contributed by atoms with van der Waals surface area (Å²) < 4.78 is 38.4. The number of hydrogen-bond acceptors (Lipinski definition) is 6. The molecule has 158 valence electrons. The summed E-state index contributed by atoms with van der Waals surface area (Å²) in [5.41, 5.74) is 2.56. The first-order valence-electron chi connectivity index (χ1n) is 9.89. The molecule has 0 saturated carbocycles. The van der Waals surface area contributed by atoms with Crippen molar-refractivity contribution in [1.29, 1.82) is 0 Å². The van der Waals surface area contributed by atoms with Gasteiger partial charge in [0.1, 0.15) is 0 Å². The Morgan fingerprint density at radius 2 is 1.80 bits per heavy atom. The fourth-order valence-corrected chi connectivity index (χ4v) is 4.97. The lowest BCUT2D eigenvalue weighted by Gasteiger charge is -2.29. The Bertz CT molecular complexity index is 1180. The molecule has 0 unspecified atom stereocenters. The molecule has 0 radical (unpaired) electrons. The molecule has 2 heterocycles. The molecule has 0 aliphatic carbocycles. The van der Waals surface area contributed by atoms with Gasteiger partial charge in [-0.25, -0.2) is 17.2 Å². The van der Waals surface area contributed by atoms with E-state index < -0.39 is 16.0 Å². The van der Waals surface area contributed by atoms with Crippen molar-refractivity contribution in [3.63, 3.8) is 0 Å². The van der Waals surface area contributed by atoms with E-state index in [9.17, 15) is 13.2 Å². The van der Waals surface area contributed by atoms with Crippen molar-refractivity contribution >= 4 is 32.6 Å². The molecule has 7 nitrogen and oxygen atoms in total. The molecular formula is C22H24N2O5S. The Kier molecular flexibility index (Phi) is 5.53. The van der Waals surface area contributed by atoms with Gasteiger partial charge in [0.05, 0.1) is 35.8 Å². The zero-order valence-electron chi connectivity index (χ0n) is 17.0. The van der Waals surface area contributed by atoms with Crippen molar-refractivity contribution in [2.24, 2.45) is 0 Å². The van der Waals surface area contributed by atoms with Gasteiger partial charge in [-0.05, 0) is 44.2 Å². The highest BCUT2D eigenvalue weighted by molar-refractivity contribution is 7.90. The van der Waals surface area contributed by atoms with Crippen LogP contribution in [0.2, 0.25) is 0 Å². The van der Waals surface area contributed by atoms with Crippen molar-refractivity contribution < 1.29 is 22.7 Å². The molecule has 0 spiro atoms. The average Bonchev–Trinajstić information content (AvgIpc) is 3.15. The van der Waals surface area contributed by atoms with Crippen molar-refractivity contribution in [1.82, 2.24) is 3.97 Å². The van der Waals surface area contributed by atoms with Crippen LogP contribution in [0.4, 0.5) is 5.69 Å². The minimum absolute atomic E-state index is 0.165. The largest absolute Gasteiger partial charge is 0.462 e. The van der Waals surface area contributed by atoms with Gasteiger partial charge < -0.3 is 14.4 Å². The second kappa shape index (κ2) is 8.12. The molecule has 8 heteroatoms. The molecule has 0 amide bonds. The number of benzene rings is 2. The van der Waals surface area contributed by atoms with Crippen LogP contribution in [0.25, 0.3) is 10.9 Å². The lowest BCUT2D eigenvalue weighted by Crippen LogP contribution is -2.36. The van der Waals surface area contributed by atoms with Crippen LogP contribution in [-0.2, 0) is 19.5 Å². The maximum absolute atomic E-state index is 13.3. The van der Waals surface area contributed by atoms with E-state index in [-0.39, 0.29) is 17.1 Å². The maximum Gasteiger partial charge on any atom is 0.340 e. The molecule has 30 heavy (non-hydrogen) atoms. The predicted octanol–water partition coefficient (Wildman–Crippen LogP) is 3.20. The van der Waals surface area contributed by atoms with E-state index >= 15 is 0 Å². The maximum atomic E-state index is 13.3. The number of rotatable bonds is 5. The normalized spacial score (nSPS) is 14.8. The minimum Gasteiger partial charge on any atom is -0.462 e. The van der Waals surface area contributed by atoms with E-state index in [1.54, 1.807) is 37.3 Å². The first-order valence-corrected chi connectivity index (χ1v) is 11.3. The number of ether oxygens (including phenoxy) is 2. The third-order valence-corrected chi connectivity index (χ3v) is 6.89. The summed E-state index contributed by atoms with van der Waals surface area (Å²) in [6.45, 7) is 6.56. The van der Waals surface area contributed by atoms with Crippen LogP contribution in [0.1, 0.15) is 22.8 Å². The van der Waals surface area contributed by atoms with Gasteiger partial charge >= 0.3 is 5.97 Å². The summed E-state index contributed by atoms with van der Waals surface area (Å²) in [5.74, 6) is -0.542. The van der Waals surface area contributed by atoms with Crippen LogP contribution in [0.15, 0.2) is 53.6 Å². The van der Waals surface area contributed by atoms with Crippen LogP contribution >= 0.6 is 0 Å². The third-order valence-electron chi connectivity index (χ3n) is 5.20. The van der Waals surface area contributed by atoms with Gasteiger partial charge in [-0.1, -0.05) is 17.7 Å². The van der Waals surface area contributed by atoms with E-state index in [2.05, 4.69) is 4.90 Å². The average molecular weight is 429 g/mol. The Morgan fingerprint density at radius 3 is 2.47 bits per heavy atom. The topological polar surface area (TPSA) is 77.8 Å². The van der Waals surface area contributed by atoms with Crippen molar-refractivity contribution in [2.75, 3.05) is 37.8 Å². The highest BCUT2D eigenvalue weighted by Crippen LogP contribution is 2.30. The number of aryl methyl sites for hydroxylation is 1. The molecule has 4 rings (SSSR count). The van der Waals surface area contributed by atoms with Crippen LogP contribution in [0.3, 0.4) is 0 Å². The minimum atomic E-state index is -3.87. The number of hydrogen-bond donors (Lipinski definition) is 0. The van der Waals surface area contributed by atoms with Crippen molar-refractivity contribution in [2.45, 2.75) is 18.7 Å². The fraction of sp³-hybridized carbons (Fsp3) is 0.318. The van der Waals surface area contributed by atoms with Crippen LogP contribution < -0.4 is 4.90 Å². The summed E-state index contributed by atoms with van der Waals surface area (Å²) in [6, 6.07) is 12.1. The van der Waals surface area contributed by atoms with Gasteiger partial charge in [-0.2, -0.15) is 0 Å². The first-order chi connectivity index (χ1) is 14.4. The lowest BCUT2D eigenvalue weighted by molar-refractivity contribution is 0.0528. The van der Waals surface area contributed by atoms with Gasteiger partial charge in [0, 0.05) is 30.4 Å². The number of esters is 1. The van der Waals surface area contributed by atoms with E-state index in [0.717, 1.165) is 24.3 Å². The van der Waals surface area contributed by atoms with Gasteiger partial charge in [0.2, 0.25) is 0 Å². The first kappa shape index (κ1) is 20.4. The van der Waals surface area contributed by atoms with E-state index in [4.69, 9.17) is 9.47 Å². The molecule has 1 saturated heterocycles. The highest BCUT2D eigenvalue weighted by atomic mass is 32.2. The molecule has 0 atom stereocenters. The van der Waals surface area contributed by atoms with Gasteiger partial charge in [0.25, 0.3) is 10.0 Å². The predicted molar refractivity (Wildman–Crippen MR) is 115 cm³/mol. The summed E-state index contributed by atoms with van der Waals surface area (Å²) >= 11 is 0. The fourth-order valence-electron chi connectivity index (χ4n) is 3.60. The summed E-state index contributed by atoms with van der Waals surface area (Å²) in [6.07, 6.45) is 1.36. The monoisotopic (exact) mass is 428 g/mol. The van der Waals surface area contributed by atoms with Crippen LogP contribution in [-0.4, -0.2) is 51.3 Å². The van der Waals surface area contributed by atoms with Gasteiger partial charge in [0.15, 0.2) is 0 Å². The lowest BCUT2D eigenvalue weighted by atomic mass is 10.1. The molecule has 0 N–H and O–H groups in total. The van der Waals surface area contributed by atoms with E-state index in [0.29, 0.717) is 24.1 Å². The third kappa shape index (κ3) is 3.68. The Morgan fingerprint density at radius 1 is 1.10 bits per heavy atom. The van der Waals surface area contributed by atoms with Gasteiger partial charge in [-0.15, -0.1) is 0 Å².